The van der Waals surface area contributed by atoms with Crippen molar-refractivity contribution >= 4 is 17.1 Å². The molecule has 2 heterocycles. The van der Waals surface area contributed by atoms with Crippen LogP contribution in [0.3, 0.4) is 0 Å². The van der Waals surface area contributed by atoms with Crippen molar-refractivity contribution in [3.63, 3.8) is 0 Å². The van der Waals surface area contributed by atoms with Crippen LogP contribution in [0.1, 0.15) is 31.2 Å². The van der Waals surface area contributed by atoms with Gasteiger partial charge in [-0.25, -0.2) is 4.79 Å². The van der Waals surface area contributed by atoms with Crippen LogP contribution in [0.25, 0.3) is 11.2 Å². The number of halogens is 2. The summed E-state index contributed by atoms with van der Waals surface area (Å²) in [6, 6.07) is 6.23. The number of aryl methyl sites for hydroxylation is 1. The number of anilines is 1. The molecule has 1 aliphatic carbocycles. The van der Waals surface area contributed by atoms with Crippen LogP contribution < -0.4 is 27.0 Å². The number of nitrogens with one attached hydrogen (secondary N) is 1. The Morgan fingerprint density at radius 2 is 1.91 bits per heavy atom. The highest BCUT2D eigenvalue weighted by molar-refractivity contribution is 5.74. The molecule has 11 heteroatoms. The molecule has 32 heavy (non-hydrogen) atoms. The maximum atomic E-state index is 13.0. The molecular weight excluding hydrogens is 422 g/mol. The number of hydrogen-bond donors (Lipinski definition) is 2. The van der Waals surface area contributed by atoms with E-state index in [1.807, 2.05) is 0 Å². The molecule has 0 saturated heterocycles. The molecule has 0 spiro atoms. The average molecular weight is 448 g/mol. The Balaban J connectivity index is 1.88. The molecule has 3 aromatic rings. The maximum Gasteiger partial charge on any atom is 0.387 e. The van der Waals surface area contributed by atoms with Crippen LogP contribution in [-0.2, 0) is 20.6 Å². The van der Waals surface area contributed by atoms with Gasteiger partial charge in [0.15, 0.2) is 11.2 Å². The highest BCUT2D eigenvalue weighted by Crippen LogP contribution is 2.27. The molecule has 0 bridgehead atoms. The van der Waals surface area contributed by atoms with Gasteiger partial charge in [0.2, 0.25) is 5.95 Å². The molecule has 0 amide bonds. The van der Waals surface area contributed by atoms with Crippen molar-refractivity contribution in [1.29, 1.82) is 0 Å². The molecular formula is C21H26F2N6O3. The molecule has 3 N–H and O–H groups in total. The van der Waals surface area contributed by atoms with Gasteiger partial charge in [-0.3, -0.25) is 18.5 Å². The molecule has 2 unspecified atom stereocenters. The highest BCUT2D eigenvalue weighted by Gasteiger charge is 2.26. The molecule has 1 saturated carbocycles. The van der Waals surface area contributed by atoms with Gasteiger partial charge in [0.1, 0.15) is 5.75 Å². The third kappa shape index (κ3) is 3.99. The first-order valence-corrected chi connectivity index (χ1v) is 10.5. The first kappa shape index (κ1) is 22.0. The fourth-order valence-electron chi connectivity index (χ4n) is 4.23. The molecule has 4 rings (SSSR count). The molecule has 172 valence electrons. The van der Waals surface area contributed by atoms with E-state index in [0.717, 1.165) is 30.3 Å². The summed E-state index contributed by atoms with van der Waals surface area (Å²) in [6.45, 7) is -2.95. The van der Waals surface area contributed by atoms with Gasteiger partial charge in [-0.15, -0.1) is 0 Å². The van der Waals surface area contributed by atoms with Gasteiger partial charge in [-0.2, -0.15) is 13.8 Å². The van der Waals surface area contributed by atoms with Crippen LogP contribution in [-0.4, -0.2) is 37.4 Å². The topological polar surface area (TPSA) is 109 Å². The van der Waals surface area contributed by atoms with E-state index in [4.69, 9.17) is 5.73 Å². The summed E-state index contributed by atoms with van der Waals surface area (Å²) >= 11 is 0. The summed E-state index contributed by atoms with van der Waals surface area (Å²) in [7, 11) is 2.92. The predicted molar refractivity (Wildman–Crippen MR) is 116 cm³/mol. The van der Waals surface area contributed by atoms with Gasteiger partial charge in [-0.1, -0.05) is 31.0 Å². The Labute approximate surface area is 182 Å². The smallest absolute Gasteiger partial charge is 0.387 e. The van der Waals surface area contributed by atoms with Crippen molar-refractivity contribution in [1.82, 2.24) is 18.7 Å². The minimum atomic E-state index is -2.98. The Morgan fingerprint density at radius 3 is 2.62 bits per heavy atom. The minimum absolute atomic E-state index is 0.00584. The molecule has 0 aliphatic heterocycles. The lowest BCUT2D eigenvalue weighted by Crippen LogP contribution is -2.43. The number of imidazole rings is 1. The summed E-state index contributed by atoms with van der Waals surface area (Å²) in [5, 5.41) is 3.34. The number of aromatic nitrogens is 4. The second kappa shape index (κ2) is 8.73. The molecule has 2 aromatic heterocycles. The SMILES string of the molecule is Cn1c(=O)c2c(nc(NC3CCCCC3N)n2Cc2ccccc2OC(F)F)n(C)c1=O. The average Bonchev–Trinajstić information content (AvgIpc) is 3.11. The first-order chi connectivity index (χ1) is 15.3. The molecule has 1 aliphatic rings. The zero-order valence-corrected chi connectivity index (χ0v) is 17.9. The second-order valence-corrected chi connectivity index (χ2v) is 8.08. The van der Waals surface area contributed by atoms with Crippen LogP contribution in [0, 0.1) is 0 Å². The normalized spacial score (nSPS) is 18.9. The lowest BCUT2D eigenvalue weighted by Gasteiger charge is -2.29. The van der Waals surface area contributed by atoms with E-state index in [0.29, 0.717) is 11.5 Å². The molecule has 1 aromatic carbocycles. The Hall–Kier alpha value is -3.21. The van der Waals surface area contributed by atoms with Gasteiger partial charge in [0.25, 0.3) is 5.56 Å². The molecule has 2 atom stereocenters. The summed E-state index contributed by atoms with van der Waals surface area (Å²) in [5.74, 6) is 0.360. The Bertz CT molecular complexity index is 1250. The Kier molecular flexibility index (Phi) is 6.00. The summed E-state index contributed by atoms with van der Waals surface area (Å²) in [5.41, 5.74) is 6.10. The van der Waals surface area contributed by atoms with Crippen LogP contribution >= 0.6 is 0 Å². The van der Waals surface area contributed by atoms with Gasteiger partial charge in [0.05, 0.1) is 6.54 Å². The lowest BCUT2D eigenvalue weighted by atomic mass is 9.91. The third-order valence-electron chi connectivity index (χ3n) is 6.00. The summed E-state index contributed by atoms with van der Waals surface area (Å²) in [4.78, 5) is 30.0. The van der Waals surface area contributed by atoms with Crippen LogP contribution in [0.4, 0.5) is 14.7 Å². The number of para-hydroxylation sites is 1. The van der Waals surface area contributed by atoms with E-state index in [2.05, 4.69) is 15.0 Å². The van der Waals surface area contributed by atoms with Crippen molar-refractivity contribution in [2.45, 2.75) is 50.9 Å². The monoisotopic (exact) mass is 448 g/mol. The standard InChI is InChI=1S/C21H26F2N6O3/c1-27-17-16(18(30)28(2)21(27)31)29(11-12-7-3-6-10-15(12)32-19(22)23)20(26-17)25-14-9-5-4-8-13(14)24/h3,6-7,10,13-14,19H,4-5,8-9,11,24H2,1-2H3,(H,25,26). The van der Waals surface area contributed by atoms with E-state index in [1.165, 1.54) is 24.7 Å². The van der Waals surface area contributed by atoms with Gasteiger partial charge in [0, 0.05) is 31.7 Å². The first-order valence-electron chi connectivity index (χ1n) is 10.5. The largest absolute Gasteiger partial charge is 0.434 e. The number of hydrogen-bond acceptors (Lipinski definition) is 6. The highest BCUT2D eigenvalue weighted by atomic mass is 19.3. The predicted octanol–water partition coefficient (Wildman–Crippen LogP) is 1.77. The van der Waals surface area contributed by atoms with Gasteiger partial charge in [-0.05, 0) is 18.9 Å². The Morgan fingerprint density at radius 1 is 1.19 bits per heavy atom. The summed E-state index contributed by atoms with van der Waals surface area (Å²) in [6.07, 6.45) is 3.76. The quantitative estimate of drug-likeness (QED) is 0.595. The third-order valence-corrected chi connectivity index (χ3v) is 6.00. The van der Waals surface area contributed by atoms with E-state index in [-0.39, 0.29) is 35.5 Å². The number of rotatable bonds is 6. The van der Waals surface area contributed by atoms with Crippen molar-refractivity contribution in [2.24, 2.45) is 19.8 Å². The summed E-state index contributed by atoms with van der Waals surface area (Å²) < 4.78 is 34.4. The van der Waals surface area contributed by atoms with Crippen LogP contribution in [0.2, 0.25) is 0 Å². The lowest BCUT2D eigenvalue weighted by molar-refractivity contribution is -0.0504. The second-order valence-electron chi connectivity index (χ2n) is 8.08. The van der Waals surface area contributed by atoms with Gasteiger partial charge < -0.3 is 15.8 Å². The van der Waals surface area contributed by atoms with Crippen molar-refractivity contribution in [2.75, 3.05) is 5.32 Å². The van der Waals surface area contributed by atoms with Crippen molar-refractivity contribution in [3.8, 4) is 5.75 Å². The van der Waals surface area contributed by atoms with Crippen molar-refractivity contribution < 1.29 is 13.5 Å². The number of nitrogens with zero attached hydrogens (tertiary/aromatic N) is 4. The molecule has 1 fully saturated rings. The number of benzene rings is 1. The van der Waals surface area contributed by atoms with E-state index in [1.54, 1.807) is 22.8 Å². The maximum absolute atomic E-state index is 13.0. The van der Waals surface area contributed by atoms with Gasteiger partial charge >= 0.3 is 12.3 Å². The fourth-order valence-corrected chi connectivity index (χ4v) is 4.23. The van der Waals surface area contributed by atoms with E-state index >= 15 is 0 Å². The fraction of sp³-hybridized carbons (Fsp3) is 0.476. The zero-order valence-electron chi connectivity index (χ0n) is 17.9. The number of ether oxygens (including phenoxy) is 1. The van der Waals surface area contributed by atoms with E-state index in [9.17, 15) is 18.4 Å². The number of nitrogens with two attached hydrogens (primary N) is 1. The molecule has 9 nitrogen and oxygen atoms in total. The number of alkyl halides is 2. The zero-order chi connectivity index (χ0) is 23.0. The number of fused-ring (bicyclic) bond motifs is 1. The molecule has 0 radical (unpaired) electrons. The van der Waals surface area contributed by atoms with Crippen LogP contribution in [0.5, 0.6) is 5.75 Å². The van der Waals surface area contributed by atoms with Crippen LogP contribution in [0.15, 0.2) is 33.9 Å². The van der Waals surface area contributed by atoms with Crippen molar-refractivity contribution in [3.05, 3.63) is 50.7 Å². The minimum Gasteiger partial charge on any atom is -0.434 e. The van der Waals surface area contributed by atoms with E-state index < -0.39 is 17.9 Å².